The summed E-state index contributed by atoms with van der Waals surface area (Å²) in [6.45, 7) is 9.52. The Kier molecular flexibility index (Phi) is 5.38. The number of nitrogens with zero attached hydrogens (tertiary/aromatic N) is 4. The van der Waals surface area contributed by atoms with Gasteiger partial charge in [-0.25, -0.2) is 15.0 Å². The van der Waals surface area contributed by atoms with Crippen molar-refractivity contribution in [1.82, 2.24) is 19.5 Å². The van der Waals surface area contributed by atoms with E-state index in [1.807, 2.05) is 35.9 Å². The molecule has 2 aromatic heterocycles. The van der Waals surface area contributed by atoms with Gasteiger partial charge in [-0.2, -0.15) is 0 Å². The van der Waals surface area contributed by atoms with E-state index in [0.29, 0.717) is 17.4 Å². The maximum atomic E-state index is 10.5. The Balaban J connectivity index is 1.93. The molecule has 3 aromatic rings. The van der Waals surface area contributed by atoms with E-state index in [9.17, 15) is 5.11 Å². The number of anilines is 2. The minimum atomic E-state index is -1.06. The van der Waals surface area contributed by atoms with Crippen LogP contribution in [0.4, 0.5) is 11.6 Å². The Labute approximate surface area is 165 Å². The lowest BCUT2D eigenvalue weighted by Crippen LogP contribution is -2.22. The summed E-state index contributed by atoms with van der Waals surface area (Å²) in [4.78, 5) is 13.3. The van der Waals surface area contributed by atoms with E-state index in [1.165, 1.54) is 0 Å². The van der Waals surface area contributed by atoms with Gasteiger partial charge < -0.3 is 19.7 Å². The van der Waals surface area contributed by atoms with Crippen molar-refractivity contribution < 1.29 is 9.84 Å². The molecule has 0 radical (unpaired) electrons. The lowest BCUT2D eigenvalue weighted by atomic mass is 9.94. The number of aromatic nitrogens is 4. The van der Waals surface area contributed by atoms with Crippen LogP contribution >= 0.6 is 0 Å². The predicted molar refractivity (Wildman–Crippen MR) is 110 cm³/mol. The SMILES string of the molecule is COc1cc(Nc2ncc(C(C)C)c(C(C)(C)O)n2)ccc1-n1cnc(C)c1. The molecule has 0 aliphatic heterocycles. The Hall–Kier alpha value is -2.93. The molecule has 0 atom stereocenters. The van der Waals surface area contributed by atoms with Crippen molar-refractivity contribution in [2.75, 3.05) is 12.4 Å². The highest BCUT2D eigenvalue weighted by atomic mass is 16.5. The number of imidazole rings is 1. The fraction of sp³-hybridized carbons (Fsp3) is 0.381. The lowest BCUT2D eigenvalue weighted by molar-refractivity contribution is 0.0724. The van der Waals surface area contributed by atoms with Gasteiger partial charge in [0.1, 0.15) is 11.4 Å². The molecule has 148 valence electrons. The molecule has 0 saturated heterocycles. The standard InChI is InChI=1S/C21H27N5O2/c1-13(2)16-10-22-20(25-19(16)21(4,5)27)24-15-7-8-17(18(9-15)28-6)26-11-14(3)23-12-26/h7-13,27H,1-6H3,(H,22,24,25). The molecule has 3 rings (SSSR count). The second-order valence-electron chi connectivity index (χ2n) is 7.65. The summed E-state index contributed by atoms with van der Waals surface area (Å²) in [7, 11) is 1.63. The van der Waals surface area contributed by atoms with Crippen molar-refractivity contribution >= 4 is 11.6 Å². The van der Waals surface area contributed by atoms with Gasteiger partial charge in [-0.1, -0.05) is 13.8 Å². The van der Waals surface area contributed by atoms with Crippen LogP contribution in [-0.4, -0.2) is 31.7 Å². The molecule has 0 bridgehead atoms. The summed E-state index contributed by atoms with van der Waals surface area (Å²) in [6, 6.07) is 5.76. The zero-order valence-electron chi connectivity index (χ0n) is 17.2. The topological polar surface area (TPSA) is 85.1 Å². The number of hydrogen-bond donors (Lipinski definition) is 2. The average Bonchev–Trinajstić information content (AvgIpc) is 3.06. The summed E-state index contributed by atoms with van der Waals surface area (Å²) in [5.74, 6) is 1.34. The molecule has 7 heteroatoms. The highest BCUT2D eigenvalue weighted by molar-refractivity contribution is 5.62. The minimum Gasteiger partial charge on any atom is -0.494 e. The molecule has 0 amide bonds. The van der Waals surface area contributed by atoms with Crippen LogP contribution in [0.25, 0.3) is 5.69 Å². The number of methoxy groups -OCH3 is 1. The van der Waals surface area contributed by atoms with Gasteiger partial charge >= 0.3 is 0 Å². The van der Waals surface area contributed by atoms with E-state index < -0.39 is 5.60 Å². The first-order valence-electron chi connectivity index (χ1n) is 9.25. The maximum absolute atomic E-state index is 10.5. The van der Waals surface area contributed by atoms with E-state index in [-0.39, 0.29) is 5.92 Å². The van der Waals surface area contributed by atoms with Gasteiger partial charge in [0, 0.05) is 24.1 Å². The molecular formula is C21H27N5O2. The molecule has 0 aliphatic rings. The smallest absolute Gasteiger partial charge is 0.227 e. The first-order chi connectivity index (χ1) is 13.2. The van der Waals surface area contributed by atoms with Crippen LogP contribution < -0.4 is 10.1 Å². The van der Waals surface area contributed by atoms with E-state index >= 15 is 0 Å². The van der Waals surface area contributed by atoms with Gasteiger partial charge in [0.05, 0.1) is 30.5 Å². The van der Waals surface area contributed by atoms with Crippen molar-refractivity contribution in [1.29, 1.82) is 0 Å². The zero-order valence-corrected chi connectivity index (χ0v) is 17.2. The van der Waals surface area contributed by atoms with Gasteiger partial charge in [0.2, 0.25) is 5.95 Å². The summed E-state index contributed by atoms with van der Waals surface area (Å²) in [6.07, 6.45) is 5.46. The van der Waals surface area contributed by atoms with E-state index in [4.69, 9.17) is 4.74 Å². The molecule has 28 heavy (non-hydrogen) atoms. The van der Waals surface area contributed by atoms with Crippen LogP contribution in [0.1, 0.15) is 50.6 Å². The quantitative estimate of drug-likeness (QED) is 0.669. The lowest BCUT2D eigenvalue weighted by Gasteiger charge is -2.22. The highest BCUT2D eigenvalue weighted by Crippen LogP contribution is 2.30. The maximum Gasteiger partial charge on any atom is 0.227 e. The predicted octanol–water partition coefficient (Wildman–Crippen LogP) is 4.07. The summed E-state index contributed by atoms with van der Waals surface area (Å²) in [5, 5.41) is 13.7. The summed E-state index contributed by atoms with van der Waals surface area (Å²) in [5.41, 5.74) is 3.11. The summed E-state index contributed by atoms with van der Waals surface area (Å²) < 4.78 is 7.46. The Morgan fingerprint density at radius 1 is 1.21 bits per heavy atom. The molecule has 0 spiro atoms. The number of rotatable bonds is 6. The fourth-order valence-electron chi connectivity index (χ4n) is 3.01. The molecule has 1 aromatic carbocycles. The third kappa shape index (κ3) is 4.14. The van der Waals surface area contributed by atoms with Crippen LogP contribution in [0.2, 0.25) is 0 Å². The molecule has 0 saturated carbocycles. The number of ether oxygens (including phenoxy) is 1. The van der Waals surface area contributed by atoms with Crippen LogP contribution in [0.3, 0.4) is 0 Å². The van der Waals surface area contributed by atoms with Crippen LogP contribution in [-0.2, 0) is 5.60 Å². The van der Waals surface area contributed by atoms with Crippen LogP contribution in [0.15, 0.2) is 36.9 Å². The summed E-state index contributed by atoms with van der Waals surface area (Å²) >= 11 is 0. The molecule has 0 unspecified atom stereocenters. The number of nitrogens with one attached hydrogen (secondary N) is 1. The third-order valence-corrected chi connectivity index (χ3v) is 4.44. The van der Waals surface area contributed by atoms with Gasteiger partial charge in [0.15, 0.2) is 0 Å². The Bertz CT molecular complexity index is 973. The van der Waals surface area contributed by atoms with E-state index in [0.717, 1.165) is 22.6 Å². The number of aliphatic hydroxyl groups is 1. The monoisotopic (exact) mass is 381 g/mol. The Morgan fingerprint density at radius 2 is 1.96 bits per heavy atom. The van der Waals surface area contributed by atoms with Crippen LogP contribution in [0.5, 0.6) is 5.75 Å². The first kappa shape index (κ1) is 19.8. The average molecular weight is 381 g/mol. The Morgan fingerprint density at radius 3 is 2.54 bits per heavy atom. The second kappa shape index (κ2) is 7.59. The van der Waals surface area contributed by atoms with Gasteiger partial charge in [-0.15, -0.1) is 0 Å². The second-order valence-corrected chi connectivity index (χ2v) is 7.65. The van der Waals surface area contributed by atoms with Gasteiger partial charge in [0.25, 0.3) is 0 Å². The number of hydrogen-bond acceptors (Lipinski definition) is 6. The molecular weight excluding hydrogens is 354 g/mol. The largest absolute Gasteiger partial charge is 0.494 e. The van der Waals surface area contributed by atoms with Crippen LogP contribution in [0, 0.1) is 6.92 Å². The molecule has 0 aliphatic carbocycles. The zero-order chi connectivity index (χ0) is 20.5. The fourth-order valence-corrected chi connectivity index (χ4v) is 3.01. The third-order valence-electron chi connectivity index (χ3n) is 4.44. The van der Waals surface area contributed by atoms with E-state index in [2.05, 4.69) is 34.1 Å². The van der Waals surface area contributed by atoms with Gasteiger partial charge in [-0.3, -0.25) is 0 Å². The number of benzene rings is 1. The molecule has 2 N–H and O–H groups in total. The first-order valence-corrected chi connectivity index (χ1v) is 9.25. The van der Waals surface area contributed by atoms with E-state index in [1.54, 1.807) is 33.5 Å². The van der Waals surface area contributed by atoms with Crippen molar-refractivity contribution in [2.24, 2.45) is 0 Å². The number of aryl methyl sites for hydroxylation is 1. The molecule has 2 heterocycles. The highest BCUT2D eigenvalue weighted by Gasteiger charge is 2.24. The van der Waals surface area contributed by atoms with Crippen molar-refractivity contribution in [3.8, 4) is 11.4 Å². The molecule has 7 nitrogen and oxygen atoms in total. The van der Waals surface area contributed by atoms with Crippen molar-refractivity contribution in [3.63, 3.8) is 0 Å². The van der Waals surface area contributed by atoms with Crippen molar-refractivity contribution in [2.45, 2.75) is 46.1 Å². The molecule has 0 fully saturated rings. The normalized spacial score (nSPS) is 11.7. The van der Waals surface area contributed by atoms with Gasteiger partial charge in [-0.05, 0) is 44.4 Å². The minimum absolute atomic E-state index is 0.216. The van der Waals surface area contributed by atoms with Crippen molar-refractivity contribution in [3.05, 3.63) is 53.9 Å².